The number of nitrogens with zero attached hydrogens (tertiary/aromatic N) is 1. The molecular weight excluding hydrogens is 308 g/mol. The van der Waals surface area contributed by atoms with Crippen LogP contribution in [0.15, 0.2) is 42.5 Å². The van der Waals surface area contributed by atoms with Crippen LogP contribution in [-0.4, -0.2) is 17.9 Å². The van der Waals surface area contributed by atoms with Crippen LogP contribution in [0.2, 0.25) is 5.02 Å². The number of carbonyl (C=O) groups is 1. The first-order chi connectivity index (χ1) is 10.5. The van der Waals surface area contributed by atoms with Crippen LogP contribution in [-0.2, 0) is 6.54 Å². The fraction of sp³-hybridized carbons (Fsp3) is 0.133. The Hall–Kier alpha value is -2.60. The molecule has 0 unspecified atom stereocenters. The Kier molecular flexibility index (Phi) is 4.95. The van der Waals surface area contributed by atoms with Gasteiger partial charge in [-0.3, -0.25) is 14.9 Å². The molecule has 0 atom stereocenters. The van der Waals surface area contributed by atoms with Crippen molar-refractivity contribution in [3.63, 3.8) is 0 Å². The number of nitro groups is 1. The van der Waals surface area contributed by atoms with E-state index in [4.69, 9.17) is 16.3 Å². The molecule has 2 aromatic carbocycles. The van der Waals surface area contributed by atoms with Crippen LogP contribution in [0.1, 0.15) is 15.9 Å². The number of hydrogen-bond acceptors (Lipinski definition) is 4. The molecule has 0 saturated heterocycles. The smallest absolute Gasteiger partial charge is 0.300 e. The predicted octanol–water partition coefficient (Wildman–Crippen LogP) is 3.19. The van der Waals surface area contributed by atoms with Crippen LogP contribution in [0, 0.1) is 10.1 Å². The van der Waals surface area contributed by atoms with Gasteiger partial charge in [-0.1, -0.05) is 29.8 Å². The minimum Gasteiger partial charge on any atom is -0.497 e. The summed E-state index contributed by atoms with van der Waals surface area (Å²) in [6.07, 6.45) is 0. The van der Waals surface area contributed by atoms with Gasteiger partial charge in [0.15, 0.2) is 0 Å². The monoisotopic (exact) mass is 320 g/mol. The molecular formula is C15H13ClN2O4. The number of methoxy groups -OCH3 is 1. The molecule has 0 aliphatic heterocycles. The van der Waals surface area contributed by atoms with Gasteiger partial charge < -0.3 is 10.1 Å². The number of benzene rings is 2. The van der Waals surface area contributed by atoms with E-state index in [2.05, 4.69) is 5.32 Å². The highest BCUT2D eigenvalue weighted by molar-refractivity contribution is 6.33. The second kappa shape index (κ2) is 6.91. The maximum Gasteiger partial charge on any atom is 0.300 e. The number of rotatable bonds is 5. The number of amides is 1. The lowest BCUT2D eigenvalue weighted by Crippen LogP contribution is -2.23. The lowest BCUT2D eigenvalue weighted by atomic mass is 10.1. The number of halogens is 1. The molecule has 2 aromatic rings. The first-order valence-corrected chi connectivity index (χ1v) is 6.74. The molecule has 7 heteroatoms. The highest BCUT2D eigenvalue weighted by atomic mass is 35.5. The molecule has 0 fully saturated rings. The average Bonchev–Trinajstić information content (AvgIpc) is 2.52. The lowest BCUT2D eigenvalue weighted by molar-refractivity contribution is -0.385. The SMILES string of the molecule is COc1cccc(CNC(=O)c2cccc(Cl)c2[N+](=O)[O-])c1. The van der Waals surface area contributed by atoms with Gasteiger partial charge in [-0.25, -0.2) is 0 Å². The van der Waals surface area contributed by atoms with Crippen molar-refractivity contribution in [3.05, 3.63) is 68.7 Å². The van der Waals surface area contributed by atoms with Crippen LogP contribution in [0.4, 0.5) is 5.69 Å². The van der Waals surface area contributed by atoms with Crippen LogP contribution in [0.3, 0.4) is 0 Å². The third-order valence-corrected chi connectivity index (χ3v) is 3.31. The van der Waals surface area contributed by atoms with Gasteiger partial charge in [0.05, 0.1) is 12.0 Å². The molecule has 2 rings (SSSR count). The van der Waals surface area contributed by atoms with Crippen molar-refractivity contribution in [1.29, 1.82) is 0 Å². The molecule has 0 aromatic heterocycles. The van der Waals surface area contributed by atoms with Gasteiger partial charge >= 0.3 is 5.69 Å². The molecule has 0 radical (unpaired) electrons. The maximum atomic E-state index is 12.1. The minimum atomic E-state index is -0.664. The van der Waals surface area contributed by atoms with E-state index in [9.17, 15) is 14.9 Å². The molecule has 0 aliphatic carbocycles. The summed E-state index contributed by atoms with van der Waals surface area (Å²) in [5.74, 6) is 0.109. The molecule has 6 nitrogen and oxygen atoms in total. The molecule has 114 valence electrons. The summed E-state index contributed by atoms with van der Waals surface area (Å²) in [5, 5.41) is 13.6. The Morgan fingerprint density at radius 1 is 1.32 bits per heavy atom. The van der Waals surface area contributed by atoms with Gasteiger partial charge in [-0.2, -0.15) is 0 Å². The molecule has 0 saturated carbocycles. The summed E-state index contributed by atoms with van der Waals surface area (Å²) in [5.41, 5.74) is 0.352. The highest BCUT2D eigenvalue weighted by Crippen LogP contribution is 2.28. The molecule has 22 heavy (non-hydrogen) atoms. The van der Waals surface area contributed by atoms with E-state index in [1.54, 1.807) is 25.3 Å². The summed E-state index contributed by atoms with van der Waals surface area (Å²) >= 11 is 5.79. The van der Waals surface area contributed by atoms with Crippen molar-refractivity contribution >= 4 is 23.2 Å². The fourth-order valence-corrected chi connectivity index (χ4v) is 2.19. The number of carbonyl (C=O) groups excluding carboxylic acids is 1. The molecule has 0 heterocycles. The van der Waals surface area contributed by atoms with Gasteiger partial charge in [0.1, 0.15) is 16.3 Å². The normalized spacial score (nSPS) is 10.1. The Bertz CT molecular complexity index is 718. The van der Waals surface area contributed by atoms with Crippen molar-refractivity contribution in [1.82, 2.24) is 5.32 Å². The summed E-state index contributed by atoms with van der Waals surface area (Å²) in [6, 6.07) is 11.4. The van der Waals surface area contributed by atoms with Gasteiger partial charge in [-0.15, -0.1) is 0 Å². The zero-order valence-corrected chi connectivity index (χ0v) is 12.5. The maximum absolute atomic E-state index is 12.1. The van der Waals surface area contributed by atoms with E-state index >= 15 is 0 Å². The van der Waals surface area contributed by atoms with Crippen molar-refractivity contribution in [2.75, 3.05) is 7.11 Å². The van der Waals surface area contributed by atoms with Crippen molar-refractivity contribution in [3.8, 4) is 5.75 Å². The third-order valence-electron chi connectivity index (χ3n) is 3.00. The largest absolute Gasteiger partial charge is 0.497 e. The van der Waals surface area contributed by atoms with E-state index in [1.807, 2.05) is 6.07 Å². The zero-order valence-electron chi connectivity index (χ0n) is 11.7. The summed E-state index contributed by atoms with van der Waals surface area (Å²) < 4.78 is 5.09. The second-order valence-corrected chi connectivity index (χ2v) is 4.83. The van der Waals surface area contributed by atoms with Gasteiger partial charge in [0, 0.05) is 6.54 Å². The molecule has 0 bridgehead atoms. The topological polar surface area (TPSA) is 81.5 Å². The van der Waals surface area contributed by atoms with E-state index in [-0.39, 0.29) is 17.1 Å². The first kappa shape index (κ1) is 15.8. The van der Waals surface area contributed by atoms with E-state index in [1.165, 1.54) is 18.2 Å². The number of hydrogen-bond donors (Lipinski definition) is 1. The standard InChI is InChI=1S/C15H13ClN2O4/c1-22-11-5-2-4-10(8-11)9-17-15(19)12-6-3-7-13(16)14(12)18(20)21/h2-8H,9H2,1H3,(H,17,19). The predicted molar refractivity (Wildman–Crippen MR) is 82.3 cm³/mol. The first-order valence-electron chi connectivity index (χ1n) is 6.37. The quantitative estimate of drug-likeness (QED) is 0.677. The van der Waals surface area contributed by atoms with Crippen LogP contribution in [0.25, 0.3) is 0 Å². The Balaban J connectivity index is 2.16. The average molecular weight is 321 g/mol. The van der Waals surface area contributed by atoms with E-state index in [0.717, 1.165) is 5.56 Å². The van der Waals surface area contributed by atoms with Gasteiger partial charge in [-0.05, 0) is 29.8 Å². The number of nitrogens with one attached hydrogen (secondary N) is 1. The molecule has 1 N–H and O–H groups in total. The van der Waals surface area contributed by atoms with Crippen molar-refractivity contribution in [2.45, 2.75) is 6.54 Å². The van der Waals surface area contributed by atoms with Crippen molar-refractivity contribution < 1.29 is 14.5 Å². The lowest BCUT2D eigenvalue weighted by Gasteiger charge is -2.08. The van der Waals surface area contributed by atoms with E-state index in [0.29, 0.717) is 5.75 Å². The number of para-hydroxylation sites is 1. The van der Waals surface area contributed by atoms with Gasteiger partial charge in [0.25, 0.3) is 5.91 Å². The van der Waals surface area contributed by atoms with Crippen LogP contribution < -0.4 is 10.1 Å². The third kappa shape index (κ3) is 3.53. The molecule has 0 aliphatic rings. The van der Waals surface area contributed by atoms with Crippen molar-refractivity contribution in [2.24, 2.45) is 0 Å². The molecule has 0 spiro atoms. The Labute approximate surface area is 131 Å². The number of nitro benzene ring substituents is 1. The highest BCUT2D eigenvalue weighted by Gasteiger charge is 2.23. The minimum absolute atomic E-state index is 0.0691. The summed E-state index contributed by atoms with van der Waals surface area (Å²) in [6.45, 7) is 0.222. The van der Waals surface area contributed by atoms with E-state index < -0.39 is 16.5 Å². The summed E-state index contributed by atoms with van der Waals surface area (Å²) in [7, 11) is 1.55. The molecule has 1 amide bonds. The summed E-state index contributed by atoms with van der Waals surface area (Å²) in [4.78, 5) is 22.5. The Morgan fingerprint density at radius 2 is 2.05 bits per heavy atom. The second-order valence-electron chi connectivity index (χ2n) is 4.43. The zero-order chi connectivity index (χ0) is 16.1. The van der Waals surface area contributed by atoms with Gasteiger partial charge in [0.2, 0.25) is 0 Å². The Morgan fingerprint density at radius 3 is 2.73 bits per heavy atom. The fourth-order valence-electron chi connectivity index (χ4n) is 1.94. The number of ether oxygens (including phenoxy) is 1. The van der Waals surface area contributed by atoms with Crippen LogP contribution in [0.5, 0.6) is 5.75 Å². The van der Waals surface area contributed by atoms with Crippen LogP contribution >= 0.6 is 11.6 Å².